The maximum absolute atomic E-state index is 11.9. The molecule has 0 atom stereocenters. The van der Waals surface area contributed by atoms with Crippen LogP contribution in [0.1, 0.15) is 37.6 Å². The number of hydrogen-bond donors (Lipinski definition) is 1. The van der Waals surface area contributed by atoms with Gasteiger partial charge in [0.15, 0.2) is 0 Å². The van der Waals surface area contributed by atoms with Crippen LogP contribution in [0.2, 0.25) is 0 Å². The van der Waals surface area contributed by atoms with Gasteiger partial charge >= 0.3 is 0 Å². The van der Waals surface area contributed by atoms with Gasteiger partial charge in [0.25, 0.3) is 5.91 Å². The SMILES string of the molecule is CCN(C)c1ccc(C(=O)NCCCOC(C)C)cc1. The van der Waals surface area contributed by atoms with Crippen LogP contribution >= 0.6 is 0 Å². The zero-order valence-corrected chi connectivity index (χ0v) is 13.0. The zero-order valence-electron chi connectivity index (χ0n) is 13.0. The van der Waals surface area contributed by atoms with Gasteiger partial charge in [-0.25, -0.2) is 0 Å². The molecule has 0 radical (unpaired) electrons. The molecule has 0 aliphatic carbocycles. The molecule has 1 amide bonds. The number of hydrogen-bond acceptors (Lipinski definition) is 3. The van der Waals surface area contributed by atoms with E-state index >= 15 is 0 Å². The maximum Gasteiger partial charge on any atom is 0.251 e. The number of ether oxygens (including phenoxy) is 1. The van der Waals surface area contributed by atoms with Crippen LogP contribution in [-0.4, -0.2) is 38.8 Å². The van der Waals surface area contributed by atoms with E-state index in [1.54, 1.807) is 0 Å². The first-order valence-electron chi connectivity index (χ1n) is 7.25. The molecule has 0 aliphatic heterocycles. The lowest BCUT2D eigenvalue weighted by Crippen LogP contribution is -2.25. The van der Waals surface area contributed by atoms with Gasteiger partial charge in [0.2, 0.25) is 0 Å². The van der Waals surface area contributed by atoms with E-state index in [2.05, 4.69) is 17.1 Å². The molecule has 20 heavy (non-hydrogen) atoms. The fourth-order valence-electron chi connectivity index (χ4n) is 1.75. The Morgan fingerprint density at radius 3 is 2.50 bits per heavy atom. The summed E-state index contributed by atoms with van der Waals surface area (Å²) in [4.78, 5) is 14.1. The van der Waals surface area contributed by atoms with E-state index in [4.69, 9.17) is 4.74 Å². The lowest BCUT2D eigenvalue weighted by atomic mass is 10.2. The van der Waals surface area contributed by atoms with Gasteiger partial charge in [0, 0.05) is 38.0 Å². The molecule has 0 aliphatic rings. The molecule has 0 aromatic heterocycles. The van der Waals surface area contributed by atoms with Crippen molar-refractivity contribution in [1.82, 2.24) is 5.32 Å². The Labute approximate surface area is 122 Å². The maximum atomic E-state index is 11.9. The van der Waals surface area contributed by atoms with Crippen LogP contribution in [0.5, 0.6) is 0 Å². The molecule has 1 rings (SSSR count). The predicted octanol–water partition coefficient (Wildman–Crippen LogP) is 2.69. The number of carbonyl (C=O) groups excluding carboxylic acids is 1. The van der Waals surface area contributed by atoms with Crippen molar-refractivity contribution in [2.45, 2.75) is 33.3 Å². The van der Waals surface area contributed by atoms with Gasteiger partial charge in [0.1, 0.15) is 0 Å². The molecular formula is C16H26N2O2. The van der Waals surface area contributed by atoms with Crippen molar-refractivity contribution < 1.29 is 9.53 Å². The van der Waals surface area contributed by atoms with Gasteiger partial charge in [-0.1, -0.05) is 0 Å². The number of rotatable bonds is 8. The Morgan fingerprint density at radius 2 is 1.95 bits per heavy atom. The second-order valence-electron chi connectivity index (χ2n) is 5.09. The Hall–Kier alpha value is -1.55. The van der Waals surface area contributed by atoms with Crippen molar-refractivity contribution in [3.8, 4) is 0 Å². The molecule has 1 aromatic rings. The van der Waals surface area contributed by atoms with Crippen LogP contribution in [0, 0.1) is 0 Å². The molecule has 4 heteroatoms. The van der Waals surface area contributed by atoms with Crippen molar-refractivity contribution in [2.24, 2.45) is 0 Å². The summed E-state index contributed by atoms with van der Waals surface area (Å²) in [5.41, 5.74) is 1.82. The summed E-state index contributed by atoms with van der Waals surface area (Å²) < 4.78 is 5.43. The fraction of sp³-hybridized carbons (Fsp3) is 0.562. The van der Waals surface area contributed by atoms with E-state index in [1.165, 1.54) is 0 Å². The molecule has 0 saturated heterocycles. The van der Waals surface area contributed by atoms with Crippen molar-refractivity contribution in [3.63, 3.8) is 0 Å². The van der Waals surface area contributed by atoms with Crippen LogP contribution in [-0.2, 0) is 4.74 Å². The van der Waals surface area contributed by atoms with E-state index in [9.17, 15) is 4.79 Å². The van der Waals surface area contributed by atoms with Crippen LogP contribution in [0.25, 0.3) is 0 Å². The first kappa shape index (κ1) is 16.5. The summed E-state index contributed by atoms with van der Waals surface area (Å²) in [7, 11) is 2.03. The summed E-state index contributed by atoms with van der Waals surface area (Å²) in [6, 6.07) is 7.67. The van der Waals surface area contributed by atoms with E-state index in [0.29, 0.717) is 18.7 Å². The summed E-state index contributed by atoms with van der Waals surface area (Å²) in [5.74, 6) is -0.0275. The Kier molecular flexibility index (Phi) is 7.09. The van der Waals surface area contributed by atoms with Crippen LogP contribution in [0.15, 0.2) is 24.3 Å². The second-order valence-corrected chi connectivity index (χ2v) is 5.09. The fourth-order valence-corrected chi connectivity index (χ4v) is 1.75. The molecule has 0 saturated carbocycles. The second kappa shape index (κ2) is 8.59. The smallest absolute Gasteiger partial charge is 0.251 e. The lowest BCUT2D eigenvalue weighted by molar-refractivity contribution is 0.0757. The molecule has 112 valence electrons. The molecule has 1 N–H and O–H groups in total. The molecular weight excluding hydrogens is 252 g/mol. The highest BCUT2D eigenvalue weighted by molar-refractivity contribution is 5.94. The third-order valence-electron chi connectivity index (χ3n) is 3.10. The standard InChI is InChI=1S/C16H26N2O2/c1-5-18(4)15-9-7-14(8-10-15)16(19)17-11-6-12-20-13(2)3/h7-10,13H,5-6,11-12H2,1-4H3,(H,17,19). The topological polar surface area (TPSA) is 41.6 Å². The summed E-state index contributed by atoms with van der Waals surface area (Å²) >= 11 is 0. The van der Waals surface area contributed by atoms with E-state index < -0.39 is 0 Å². The zero-order chi connectivity index (χ0) is 15.0. The first-order chi connectivity index (χ1) is 9.54. The van der Waals surface area contributed by atoms with E-state index in [0.717, 1.165) is 18.7 Å². The van der Waals surface area contributed by atoms with Crippen LogP contribution in [0.3, 0.4) is 0 Å². The molecule has 0 unspecified atom stereocenters. The van der Waals surface area contributed by atoms with Gasteiger partial charge in [-0.2, -0.15) is 0 Å². The van der Waals surface area contributed by atoms with Crippen LogP contribution in [0.4, 0.5) is 5.69 Å². The van der Waals surface area contributed by atoms with Gasteiger partial charge in [-0.05, 0) is 51.5 Å². The van der Waals surface area contributed by atoms with E-state index in [-0.39, 0.29) is 12.0 Å². The Morgan fingerprint density at radius 1 is 1.30 bits per heavy atom. The molecule has 0 spiro atoms. The highest BCUT2D eigenvalue weighted by Gasteiger charge is 2.05. The molecule has 0 bridgehead atoms. The minimum Gasteiger partial charge on any atom is -0.379 e. The average Bonchev–Trinajstić information content (AvgIpc) is 2.45. The third kappa shape index (κ3) is 5.61. The number of carbonyl (C=O) groups is 1. The van der Waals surface area contributed by atoms with Crippen molar-refractivity contribution >= 4 is 11.6 Å². The first-order valence-corrected chi connectivity index (χ1v) is 7.25. The van der Waals surface area contributed by atoms with Crippen molar-refractivity contribution in [3.05, 3.63) is 29.8 Å². The Balaban J connectivity index is 2.36. The summed E-state index contributed by atoms with van der Waals surface area (Å²) in [5, 5.41) is 2.90. The lowest BCUT2D eigenvalue weighted by Gasteiger charge is -2.16. The average molecular weight is 278 g/mol. The van der Waals surface area contributed by atoms with Crippen molar-refractivity contribution in [1.29, 1.82) is 0 Å². The Bertz CT molecular complexity index is 401. The highest BCUT2D eigenvalue weighted by atomic mass is 16.5. The van der Waals surface area contributed by atoms with Gasteiger partial charge in [0.05, 0.1) is 6.10 Å². The minimum absolute atomic E-state index is 0.0275. The largest absolute Gasteiger partial charge is 0.379 e. The molecule has 0 heterocycles. The van der Waals surface area contributed by atoms with Crippen molar-refractivity contribution in [2.75, 3.05) is 31.6 Å². The molecule has 4 nitrogen and oxygen atoms in total. The van der Waals surface area contributed by atoms with Gasteiger partial charge in [-0.15, -0.1) is 0 Å². The van der Waals surface area contributed by atoms with E-state index in [1.807, 2.05) is 45.2 Å². The number of benzene rings is 1. The number of nitrogens with one attached hydrogen (secondary N) is 1. The normalized spacial score (nSPS) is 10.7. The number of nitrogens with zero attached hydrogens (tertiary/aromatic N) is 1. The molecule has 0 fully saturated rings. The highest BCUT2D eigenvalue weighted by Crippen LogP contribution is 2.13. The van der Waals surface area contributed by atoms with Gasteiger partial charge < -0.3 is 15.0 Å². The summed E-state index contributed by atoms with van der Waals surface area (Å²) in [6.07, 6.45) is 1.08. The minimum atomic E-state index is -0.0275. The number of anilines is 1. The van der Waals surface area contributed by atoms with Gasteiger partial charge in [-0.3, -0.25) is 4.79 Å². The van der Waals surface area contributed by atoms with Crippen LogP contribution < -0.4 is 10.2 Å². The summed E-state index contributed by atoms with van der Waals surface area (Å²) in [6.45, 7) is 8.38. The quantitative estimate of drug-likeness (QED) is 0.743. The monoisotopic (exact) mass is 278 g/mol. The predicted molar refractivity (Wildman–Crippen MR) is 83.4 cm³/mol. The number of amides is 1. The third-order valence-corrected chi connectivity index (χ3v) is 3.10. The molecule has 1 aromatic carbocycles.